The number of halogens is 8. The summed E-state index contributed by atoms with van der Waals surface area (Å²) in [5.41, 5.74) is 1.51. The van der Waals surface area contributed by atoms with E-state index in [1.165, 1.54) is 12.1 Å². The van der Waals surface area contributed by atoms with E-state index < -0.39 is 40.8 Å². The summed E-state index contributed by atoms with van der Waals surface area (Å²) in [5.74, 6) is -11.3. The number of ether oxygens (including phenoxy) is 1. The lowest BCUT2D eigenvalue weighted by Crippen LogP contribution is -2.15. The molecule has 0 aliphatic carbocycles. The van der Waals surface area contributed by atoms with Crippen molar-refractivity contribution in [1.29, 1.82) is 0 Å². The Kier molecular flexibility index (Phi) is 8.11. The van der Waals surface area contributed by atoms with Gasteiger partial charge in [-0.3, -0.25) is 0 Å². The minimum atomic E-state index is -5.64. The molecule has 4 aromatic rings. The fourth-order valence-electron chi connectivity index (χ4n) is 4.02. The summed E-state index contributed by atoms with van der Waals surface area (Å²) in [7, 11) is 0. The average Bonchev–Trinajstić information content (AvgIpc) is 2.91. The van der Waals surface area contributed by atoms with Gasteiger partial charge >= 0.3 is 6.18 Å². The van der Waals surface area contributed by atoms with Gasteiger partial charge in [-0.05, 0) is 46.4 Å². The van der Waals surface area contributed by atoms with Gasteiger partial charge in [-0.25, -0.2) is 8.78 Å². The normalized spacial score (nSPS) is 12.3. The van der Waals surface area contributed by atoms with Crippen LogP contribution in [0.3, 0.4) is 0 Å². The highest BCUT2D eigenvalue weighted by molar-refractivity contribution is 6.18. The SMILES string of the molecule is Fc1c(F)c(C(F)(F)F)c(F)c(F)c1Oc1ccc(/C(=C(/CCCl)c2ccccc2)c2ccccc2)cc1. The monoisotopic (exact) mass is 550 g/mol. The van der Waals surface area contributed by atoms with Crippen LogP contribution in [0.1, 0.15) is 28.7 Å². The first-order chi connectivity index (χ1) is 18.1. The molecule has 0 N–H and O–H groups in total. The molecule has 0 spiro atoms. The molecule has 0 aliphatic heterocycles. The van der Waals surface area contributed by atoms with Crippen LogP contribution in [-0.4, -0.2) is 5.88 Å². The quantitative estimate of drug-likeness (QED) is 0.0963. The Morgan fingerprint density at radius 2 is 1.11 bits per heavy atom. The van der Waals surface area contributed by atoms with Gasteiger partial charge in [0.1, 0.15) is 11.3 Å². The van der Waals surface area contributed by atoms with Crippen LogP contribution in [0.5, 0.6) is 11.5 Å². The van der Waals surface area contributed by atoms with Gasteiger partial charge in [-0.15, -0.1) is 11.6 Å². The van der Waals surface area contributed by atoms with E-state index in [0.717, 1.165) is 22.3 Å². The molecule has 0 atom stereocenters. The lowest BCUT2D eigenvalue weighted by molar-refractivity contribution is -0.143. The summed E-state index contributed by atoms with van der Waals surface area (Å²) in [5, 5.41) is 0. The molecule has 9 heteroatoms. The van der Waals surface area contributed by atoms with Crippen LogP contribution >= 0.6 is 11.6 Å². The summed E-state index contributed by atoms with van der Waals surface area (Å²) in [6, 6.07) is 24.6. The predicted octanol–water partition coefficient (Wildman–Crippen LogP) is 9.64. The standard InChI is InChI=1S/C29H18ClF7O/c30-16-15-21(17-7-3-1-4-8-17)22(18-9-5-2-6-10-18)19-11-13-20(14-12-19)38-28-26(33)24(31)23(29(35,36)37)25(32)27(28)34/h1-14H,15-16H2/b22-21-. The second kappa shape index (κ2) is 11.3. The summed E-state index contributed by atoms with van der Waals surface area (Å²) in [6.07, 6.45) is -5.13. The van der Waals surface area contributed by atoms with Gasteiger partial charge in [0.2, 0.25) is 17.4 Å². The van der Waals surface area contributed by atoms with Crippen LogP contribution in [0.25, 0.3) is 11.1 Å². The molecule has 0 bridgehead atoms. The highest BCUT2D eigenvalue weighted by atomic mass is 35.5. The van der Waals surface area contributed by atoms with Crippen LogP contribution in [0.15, 0.2) is 84.9 Å². The third-order valence-electron chi connectivity index (χ3n) is 5.70. The van der Waals surface area contributed by atoms with Crippen LogP contribution < -0.4 is 4.74 Å². The van der Waals surface area contributed by atoms with Crippen LogP contribution in [0, 0.1) is 23.3 Å². The number of hydrogen-bond donors (Lipinski definition) is 0. The molecule has 38 heavy (non-hydrogen) atoms. The van der Waals surface area contributed by atoms with E-state index in [0.29, 0.717) is 17.9 Å². The summed E-state index contributed by atoms with van der Waals surface area (Å²) >= 11 is 6.12. The molecule has 0 fully saturated rings. The zero-order valence-corrected chi connectivity index (χ0v) is 20.2. The Morgan fingerprint density at radius 1 is 0.632 bits per heavy atom. The fraction of sp³-hybridized carbons (Fsp3) is 0.103. The first-order valence-corrected chi connectivity index (χ1v) is 11.8. The third-order valence-corrected chi connectivity index (χ3v) is 5.89. The molecule has 0 heterocycles. The molecule has 0 unspecified atom stereocenters. The molecule has 1 nitrogen and oxygen atoms in total. The topological polar surface area (TPSA) is 9.23 Å². The average molecular weight is 551 g/mol. The molecule has 0 saturated heterocycles. The predicted molar refractivity (Wildman–Crippen MR) is 132 cm³/mol. The summed E-state index contributed by atoms with van der Waals surface area (Å²) in [6.45, 7) is 0. The Balaban J connectivity index is 1.79. The van der Waals surface area contributed by atoms with Crippen LogP contribution in [0.4, 0.5) is 30.7 Å². The van der Waals surface area contributed by atoms with E-state index in [9.17, 15) is 30.7 Å². The molecular weight excluding hydrogens is 533 g/mol. The molecule has 0 radical (unpaired) electrons. The molecule has 0 amide bonds. The molecular formula is C29H18ClF7O. The van der Waals surface area contributed by atoms with Gasteiger partial charge in [0.05, 0.1) is 0 Å². The van der Waals surface area contributed by atoms with Crippen molar-refractivity contribution in [3.05, 3.63) is 130 Å². The third kappa shape index (κ3) is 5.55. The number of hydrogen-bond acceptors (Lipinski definition) is 1. The largest absolute Gasteiger partial charge is 0.451 e. The minimum absolute atomic E-state index is 0.254. The molecule has 196 valence electrons. The number of rotatable bonds is 7. The van der Waals surface area contributed by atoms with Gasteiger partial charge in [0.25, 0.3) is 0 Å². The number of alkyl halides is 4. The van der Waals surface area contributed by atoms with Gasteiger partial charge in [0, 0.05) is 5.88 Å². The highest BCUT2D eigenvalue weighted by Crippen LogP contribution is 2.41. The Hall–Kier alpha value is -3.78. The van der Waals surface area contributed by atoms with Crippen LogP contribution in [0.2, 0.25) is 0 Å². The molecule has 4 rings (SSSR count). The van der Waals surface area contributed by atoms with E-state index in [2.05, 4.69) is 0 Å². The zero-order valence-electron chi connectivity index (χ0n) is 19.4. The second-order valence-corrected chi connectivity index (χ2v) is 8.49. The van der Waals surface area contributed by atoms with Gasteiger partial charge in [-0.2, -0.15) is 22.0 Å². The van der Waals surface area contributed by atoms with Crippen LogP contribution in [-0.2, 0) is 6.18 Å². The van der Waals surface area contributed by atoms with Gasteiger partial charge < -0.3 is 4.74 Å². The molecule has 0 aliphatic rings. The minimum Gasteiger partial charge on any atom is -0.451 e. The van der Waals surface area contributed by atoms with E-state index in [4.69, 9.17) is 16.3 Å². The van der Waals surface area contributed by atoms with Gasteiger partial charge in [-0.1, -0.05) is 72.8 Å². The second-order valence-electron chi connectivity index (χ2n) is 8.11. The maximum absolute atomic E-state index is 14.3. The fourth-order valence-corrected chi connectivity index (χ4v) is 4.21. The first kappa shape index (κ1) is 27.3. The van der Waals surface area contributed by atoms with Crippen molar-refractivity contribution in [2.75, 3.05) is 5.88 Å². The van der Waals surface area contributed by atoms with Crippen molar-refractivity contribution in [3.8, 4) is 11.5 Å². The van der Waals surface area contributed by atoms with Gasteiger partial charge in [0.15, 0.2) is 11.6 Å². The van der Waals surface area contributed by atoms with Crippen molar-refractivity contribution in [2.24, 2.45) is 0 Å². The van der Waals surface area contributed by atoms with Crippen molar-refractivity contribution >= 4 is 22.7 Å². The summed E-state index contributed by atoms with van der Waals surface area (Å²) in [4.78, 5) is 0. The summed E-state index contributed by atoms with van der Waals surface area (Å²) < 4.78 is 100. The maximum Gasteiger partial charge on any atom is 0.422 e. The number of allylic oxidation sites excluding steroid dienone is 1. The van der Waals surface area contributed by atoms with E-state index in [-0.39, 0.29) is 5.75 Å². The molecule has 4 aromatic carbocycles. The maximum atomic E-state index is 14.3. The lowest BCUT2D eigenvalue weighted by Gasteiger charge is -2.18. The Bertz CT molecular complexity index is 1420. The lowest BCUT2D eigenvalue weighted by atomic mass is 9.88. The zero-order chi connectivity index (χ0) is 27.4. The smallest absolute Gasteiger partial charge is 0.422 e. The van der Waals surface area contributed by atoms with Crippen molar-refractivity contribution in [1.82, 2.24) is 0 Å². The highest BCUT2D eigenvalue weighted by Gasteiger charge is 2.43. The molecule has 0 saturated carbocycles. The molecule has 0 aromatic heterocycles. The van der Waals surface area contributed by atoms with E-state index >= 15 is 0 Å². The van der Waals surface area contributed by atoms with Crippen molar-refractivity contribution in [3.63, 3.8) is 0 Å². The Morgan fingerprint density at radius 3 is 1.58 bits per heavy atom. The first-order valence-electron chi connectivity index (χ1n) is 11.2. The van der Waals surface area contributed by atoms with Crippen molar-refractivity contribution < 1.29 is 35.5 Å². The number of benzene rings is 4. The van der Waals surface area contributed by atoms with E-state index in [1.807, 2.05) is 60.7 Å². The Labute approximate surface area is 218 Å². The van der Waals surface area contributed by atoms with E-state index in [1.54, 1.807) is 12.1 Å². The van der Waals surface area contributed by atoms with Crippen molar-refractivity contribution in [2.45, 2.75) is 12.6 Å².